The molecular weight excluding hydrogens is 330 g/mol. The Hall–Kier alpha value is -2.69. The van der Waals surface area contributed by atoms with Crippen LogP contribution in [0.4, 0.5) is 0 Å². The smallest absolute Gasteiger partial charge is 0.251 e. The van der Waals surface area contributed by atoms with Crippen LogP contribution in [0.1, 0.15) is 37.0 Å². The van der Waals surface area contributed by atoms with Crippen LogP contribution in [0.3, 0.4) is 0 Å². The Morgan fingerprint density at radius 3 is 2.65 bits per heavy atom. The number of carbonyl (C=O) groups excluding carboxylic acids is 1. The van der Waals surface area contributed by atoms with Crippen LogP contribution in [0, 0.1) is 0 Å². The van der Waals surface area contributed by atoms with Gasteiger partial charge in [-0.1, -0.05) is 25.5 Å². The molecule has 2 aromatic rings. The lowest BCUT2D eigenvalue weighted by Gasteiger charge is -2.30. The van der Waals surface area contributed by atoms with Gasteiger partial charge in [0, 0.05) is 5.56 Å². The number of ether oxygens (including phenoxy) is 3. The maximum absolute atomic E-state index is 12.5. The predicted octanol–water partition coefficient (Wildman–Crippen LogP) is 3.82. The second-order valence-electron chi connectivity index (χ2n) is 6.40. The highest BCUT2D eigenvalue weighted by Gasteiger charge is 2.27. The second-order valence-corrected chi connectivity index (χ2v) is 6.40. The van der Waals surface area contributed by atoms with Crippen molar-refractivity contribution in [2.45, 2.75) is 38.8 Å². The number of hydrogen-bond acceptors (Lipinski definition) is 4. The SMILES string of the molecule is CCCCOc1ccc(C(=O)N[C@H](C)[C@@H]2COc3ccccc3O2)cc1. The molecule has 26 heavy (non-hydrogen) atoms. The minimum Gasteiger partial charge on any atom is -0.494 e. The van der Waals surface area contributed by atoms with Gasteiger partial charge in [0.15, 0.2) is 17.6 Å². The van der Waals surface area contributed by atoms with Gasteiger partial charge >= 0.3 is 0 Å². The molecule has 0 radical (unpaired) electrons. The molecule has 2 atom stereocenters. The molecule has 5 nitrogen and oxygen atoms in total. The van der Waals surface area contributed by atoms with E-state index in [2.05, 4.69) is 12.2 Å². The summed E-state index contributed by atoms with van der Waals surface area (Å²) in [6, 6.07) is 14.6. The predicted molar refractivity (Wildman–Crippen MR) is 100 cm³/mol. The summed E-state index contributed by atoms with van der Waals surface area (Å²) in [4.78, 5) is 12.5. The zero-order valence-electron chi connectivity index (χ0n) is 15.2. The van der Waals surface area contributed by atoms with E-state index in [9.17, 15) is 4.79 Å². The summed E-state index contributed by atoms with van der Waals surface area (Å²) in [5.74, 6) is 2.09. The molecular formula is C21H25NO4. The van der Waals surface area contributed by atoms with Gasteiger partial charge in [-0.25, -0.2) is 0 Å². The summed E-state index contributed by atoms with van der Waals surface area (Å²) in [6.07, 6.45) is 1.88. The van der Waals surface area contributed by atoms with Gasteiger partial charge in [0.1, 0.15) is 12.4 Å². The topological polar surface area (TPSA) is 56.8 Å². The zero-order valence-corrected chi connectivity index (χ0v) is 15.2. The molecule has 1 aliphatic heterocycles. The summed E-state index contributed by atoms with van der Waals surface area (Å²) in [5.41, 5.74) is 0.594. The van der Waals surface area contributed by atoms with E-state index in [1.165, 1.54) is 0 Å². The van der Waals surface area contributed by atoms with Crippen molar-refractivity contribution >= 4 is 5.91 Å². The summed E-state index contributed by atoms with van der Waals surface area (Å²) in [5, 5.41) is 2.98. The molecule has 3 rings (SSSR count). The molecule has 0 saturated carbocycles. The molecule has 0 unspecified atom stereocenters. The van der Waals surface area contributed by atoms with E-state index < -0.39 is 0 Å². The molecule has 1 heterocycles. The van der Waals surface area contributed by atoms with E-state index >= 15 is 0 Å². The standard InChI is InChI=1S/C21H25NO4/c1-3-4-13-24-17-11-9-16(10-12-17)21(23)22-15(2)20-14-25-18-7-5-6-8-19(18)26-20/h5-12,15,20H,3-4,13-14H2,1-2H3,(H,22,23)/t15-,20+/m1/s1. The van der Waals surface area contributed by atoms with Crippen molar-refractivity contribution < 1.29 is 19.0 Å². The quantitative estimate of drug-likeness (QED) is 0.767. The van der Waals surface area contributed by atoms with Crippen molar-refractivity contribution in [3.63, 3.8) is 0 Å². The van der Waals surface area contributed by atoms with Gasteiger partial charge in [-0.3, -0.25) is 4.79 Å². The number of carbonyl (C=O) groups is 1. The maximum Gasteiger partial charge on any atom is 0.251 e. The van der Waals surface area contributed by atoms with Crippen LogP contribution in [-0.2, 0) is 0 Å². The Kier molecular flexibility index (Phi) is 6.00. The first-order valence-electron chi connectivity index (χ1n) is 9.09. The van der Waals surface area contributed by atoms with Gasteiger partial charge < -0.3 is 19.5 Å². The first-order chi connectivity index (χ1) is 12.7. The number of nitrogens with one attached hydrogen (secondary N) is 1. The fraction of sp³-hybridized carbons (Fsp3) is 0.381. The Morgan fingerprint density at radius 1 is 1.19 bits per heavy atom. The minimum atomic E-state index is -0.231. The molecule has 1 N–H and O–H groups in total. The zero-order chi connectivity index (χ0) is 18.4. The van der Waals surface area contributed by atoms with Gasteiger partial charge in [-0.15, -0.1) is 0 Å². The molecule has 0 aromatic heterocycles. The first kappa shape index (κ1) is 18.1. The van der Waals surface area contributed by atoms with E-state index in [0.29, 0.717) is 24.5 Å². The highest BCUT2D eigenvalue weighted by Crippen LogP contribution is 2.31. The summed E-state index contributed by atoms with van der Waals surface area (Å²) < 4.78 is 17.3. The summed E-state index contributed by atoms with van der Waals surface area (Å²) >= 11 is 0. The van der Waals surface area contributed by atoms with Crippen molar-refractivity contribution in [2.75, 3.05) is 13.2 Å². The number of benzene rings is 2. The van der Waals surface area contributed by atoms with Gasteiger partial charge in [0.05, 0.1) is 12.6 Å². The normalized spacial score (nSPS) is 16.6. The Morgan fingerprint density at radius 2 is 1.92 bits per heavy atom. The number of amides is 1. The van der Waals surface area contributed by atoms with Crippen LogP contribution in [0.2, 0.25) is 0 Å². The molecule has 0 bridgehead atoms. The fourth-order valence-electron chi connectivity index (χ4n) is 2.70. The third-order valence-corrected chi connectivity index (χ3v) is 4.33. The molecule has 1 aliphatic rings. The molecule has 0 spiro atoms. The summed E-state index contributed by atoms with van der Waals surface area (Å²) in [7, 11) is 0. The van der Waals surface area contributed by atoms with E-state index in [1.807, 2.05) is 43.3 Å². The van der Waals surface area contributed by atoms with Gasteiger partial charge in [-0.2, -0.15) is 0 Å². The Balaban J connectivity index is 1.54. The van der Waals surface area contributed by atoms with Crippen molar-refractivity contribution in [1.82, 2.24) is 5.32 Å². The van der Waals surface area contributed by atoms with Crippen LogP contribution in [-0.4, -0.2) is 31.3 Å². The van der Waals surface area contributed by atoms with Crippen LogP contribution < -0.4 is 19.5 Å². The van der Waals surface area contributed by atoms with Crippen molar-refractivity contribution in [3.05, 3.63) is 54.1 Å². The maximum atomic E-state index is 12.5. The molecule has 2 aromatic carbocycles. The third-order valence-electron chi connectivity index (χ3n) is 4.33. The third kappa shape index (κ3) is 4.48. The lowest BCUT2D eigenvalue weighted by Crippen LogP contribution is -2.48. The van der Waals surface area contributed by atoms with Crippen LogP contribution in [0.15, 0.2) is 48.5 Å². The Labute approximate surface area is 154 Å². The van der Waals surface area contributed by atoms with Crippen molar-refractivity contribution in [1.29, 1.82) is 0 Å². The molecule has 0 fully saturated rings. The van der Waals surface area contributed by atoms with Crippen LogP contribution >= 0.6 is 0 Å². The van der Waals surface area contributed by atoms with E-state index in [4.69, 9.17) is 14.2 Å². The van der Waals surface area contributed by atoms with Crippen LogP contribution in [0.5, 0.6) is 17.2 Å². The average Bonchev–Trinajstić information content (AvgIpc) is 2.68. The number of para-hydroxylation sites is 2. The molecule has 5 heteroatoms. The molecule has 1 amide bonds. The van der Waals surface area contributed by atoms with Crippen molar-refractivity contribution in [2.24, 2.45) is 0 Å². The monoisotopic (exact) mass is 355 g/mol. The fourth-order valence-corrected chi connectivity index (χ4v) is 2.70. The highest BCUT2D eigenvalue weighted by atomic mass is 16.6. The van der Waals surface area contributed by atoms with E-state index in [0.717, 1.165) is 24.3 Å². The number of rotatable bonds is 7. The average molecular weight is 355 g/mol. The van der Waals surface area contributed by atoms with Gasteiger partial charge in [0.25, 0.3) is 5.91 Å². The largest absolute Gasteiger partial charge is 0.494 e. The van der Waals surface area contributed by atoms with Gasteiger partial charge in [0.2, 0.25) is 0 Å². The second kappa shape index (κ2) is 8.61. The number of hydrogen-bond donors (Lipinski definition) is 1. The molecule has 0 aliphatic carbocycles. The van der Waals surface area contributed by atoms with Gasteiger partial charge in [-0.05, 0) is 49.7 Å². The van der Waals surface area contributed by atoms with E-state index in [1.54, 1.807) is 12.1 Å². The summed E-state index contributed by atoms with van der Waals surface area (Å²) in [6.45, 7) is 5.14. The number of unbranched alkanes of at least 4 members (excludes halogenated alkanes) is 1. The van der Waals surface area contributed by atoms with Crippen LogP contribution in [0.25, 0.3) is 0 Å². The van der Waals surface area contributed by atoms with E-state index in [-0.39, 0.29) is 18.1 Å². The minimum absolute atomic E-state index is 0.139. The molecule has 138 valence electrons. The first-order valence-corrected chi connectivity index (χ1v) is 9.09. The lowest BCUT2D eigenvalue weighted by molar-refractivity contribution is 0.0606. The Bertz CT molecular complexity index is 729. The highest BCUT2D eigenvalue weighted by molar-refractivity contribution is 5.94. The van der Waals surface area contributed by atoms with Crippen molar-refractivity contribution in [3.8, 4) is 17.2 Å². The lowest BCUT2D eigenvalue weighted by atomic mass is 10.1. The number of fused-ring (bicyclic) bond motifs is 1. The molecule has 0 saturated heterocycles.